The van der Waals surface area contributed by atoms with Crippen LogP contribution in [0.1, 0.15) is 42.7 Å². The monoisotopic (exact) mass is 292 g/mol. The summed E-state index contributed by atoms with van der Waals surface area (Å²) in [4.78, 5) is 21.9. The first kappa shape index (κ1) is 15.4. The van der Waals surface area contributed by atoms with Crippen molar-refractivity contribution in [3.63, 3.8) is 0 Å². The lowest BCUT2D eigenvalue weighted by molar-refractivity contribution is -0.143. The van der Waals surface area contributed by atoms with Crippen LogP contribution in [0.15, 0.2) is 18.2 Å². The number of rotatable bonds is 6. The quantitative estimate of drug-likeness (QED) is 0.816. The average Bonchev–Trinajstić information content (AvgIpc) is 2.50. The van der Waals surface area contributed by atoms with Gasteiger partial charge >= 0.3 is 11.9 Å². The van der Waals surface area contributed by atoms with Gasteiger partial charge in [-0.3, -0.25) is 4.79 Å². The van der Waals surface area contributed by atoms with Gasteiger partial charge in [0.15, 0.2) is 6.61 Å². The van der Waals surface area contributed by atoms with Crippen LogP contribution in [0.4, 0.5) is 0 Å². The fourth-order valence-corrected chi connectivity index (χ4v) is 2.84. The molecule has 1 aliphatic rings. The molecule has 0 saturated heterocycles. The molecule has 1 unspecified atom stereocenters. The smallest absolute Gasteiger partial charge is 0.343 e. The normalized spacial score (nSPS) is 16.9. The Labute approximate surface area is 123 Å². The first-order chi connectivity index (χ1) is 10.1. The molecular formula is C16H20O5. The van der Waals surface area contributed by atoms with Crippen molar-refractivity contribution in [2.45, 2.75) is 38.0 Å². The van der Waals surface area contributed by atoms with E-state index in [4.69, 9.17) is 9.84 Å². The van der Waals surface area contributed by atoms with Gasteiger partial charge in [-0.05, 0) is 48.8 Å². The Morgan fingerprint density at radius 3 is 2.90 bits per heavy atom. The van der Waals surface area contributed by atoms with Crippen LogP contribution in [-0.2, 0) is 20.7 Å². The second kappa shape index (κ2) is 7.11. The number of carbonyl (C=O) groups is 2. The highest BCUT2D eigenvalue weighted by molar-refractivity contribution is 5.71. The van der Waals surface area contributed by atoms with Crippen LogP contribution >= 0.6 is 0 Å². The Balaban J connectivity index is 2.13. The fourth-order valence-electron chi connectivity index (χ4n) is 2.84. The molecule has 114 valence electrons. The van der Waals surface area contributed by atoms with Crippen molar-refractivity contribution in [2.24, 2.45) is 0 Å². The van der Waals surface area contributed by atoms with Gasteiger partial charge in [0.2, 0.25) is 0 Å². The third-order valence-corrected chi connectivity index (χ3v) is 3.87. The number of carboxylic acid groups (broad SMARTS) is 1. The summed E-state index contributed by atoms with van der Waals surface area (Å²) < 4.78 is 10.1. The number of carbonyl (C=O) groups excluding carboxylic acids is 1. The molecule has 1 aliphatic carbocycles. The maximum Gasteiger partial charge on any atom is 0.343 e. The summed E-state index contributed by atoms with van der Waals surface area (Å²) in [7, 11) is 1.33. The third-order valence-electron chi connectivity index (χ3n) is 3.87. The molecular weight excluding hydrogens is 272 g/mol. The van der Waals surface area contributed by atoms with Crippen LogP contribution in [-0.4, -0.2) is 30.8 Å². The molecule has 0 amide bonds. The lowest BCUT2D eigenvalue weighted by Gasteiger charge is -2.26. The Morgan fingerprint density at radius 2 is 2.19 bits per heavy atom. The Bertz CT molecular complexity index is 523. The number of ether oxygens (including phenoxy) is 2. The molecule has 1 atom stereocenters. The SMILES string of the molecule is COC(=O)COc1cccc2c1CCCC2CCC(=O)O. The molecule has 0 bridgehead atoms. The van der Waals surface area contributed by atoms with Crippen molar-refractivity contribution in [3.05, 3.63) is 29.3 Å². The Kier molecular flexibility index (Phi) is 5.20. The van der Waals surface area contributed by atoms with Crippen LogP contribution < -0.4 is 4.74 Å². The Morgan fingerprint density at radius 1 is 1.38 bits per heavy atom. The molecule has 0 heterocycles. The molecule has 0 aromatic heterocycles. The minimum Gasteiger partial charge on any atom is -0.482 e. The van der Waals surface area contributed by atoms with Gasteiger partial charge in [-0.25, -0.2) is 4.79 Å². The van der Waals surface area contributed by atoms with E-state index in [0.717, 1.165) is 30.4 Å². The van der Waals surface area contributed by atoms with Gasteiger partial charge < -0.3 is 14.6 Å². The zero-order chi connectivity index (χ0) is 15.2. The van der Waals surface area contributed by atoms with E-state index in [1.807, 2.05) is 18.2 Å². The predicted octanol–water partition coefficient (Wildman–Crippen LogP) is 2.52. The van der Waals surface area contributed by atoms with Crippen LogP contribution in [0.3, 0.4) is 0 Å². The van der Waals surface area contributed by atoms with Crippen molar-refractivity contribution in [1.82, 2.24) is 0 Å². The number of hydrogen-bond donors (Lipinski definition) is 1. The number of benzene rings is 1. The predicted molar refractivity (Wildman–Crippen MR) is 76.5 cm³/mol. The first-order valence-electron chi connectivity index (χ1n) is 7.15. The van der Waals surface area contributed by atoms with Gasteiger partial charge in [-0.15, -0.1) is 0 Å². The van der Waals surface area contributed by atoms with E-state index in [1.165, 1.54) is 7.11 Å². The van der Waals surface area contributed by atoms with Crippen molar-refractivity contribution in [1.29, 1.82) is 0 Å². The summed E-state index contributed by atoms with van der Waals surface area (Å²) in [6, 6.07) is 5.78. The highest BCUT2D eigenvalue weighted by Crippen LogP contribution is 2.38. The van der Waals surface area contributed by atoms with E-state index >= 15 is 0 Å². The molecule has 1 N–H and O–H groups in total. The topological polar surface area (TPSA) is 72.8 Å². The molecule has 1 aromatic carbocycles. The number of hydrogen-bond acceptors (Lipinski definition) is 4. The molecule has 1 aromatic rings. The number of carboxylic acids is 1. The number of esters is 1. The molecule has 0 spiro atoms. The molecule has 5 heteroatoms. The lowest BCUT2D eigenvalue weighted by atomic mass is 9.80. The van der Waals surface area contributed by atoms with Crippen LogP contribution in [0.2, 0.25) is 0 Å². The summed E-state index contributed by atoms with van der Waals surface area (Å²) in [6.07, 6.45) is 3.73. The number of aliphatic carboxylic acids is 1. The summed E-state index contributed by atoms with van der Waals surface area (Å²) in [5.41, 5.74) is 2.26. The van der Waals surface area contributed by atoms with Crippen molar-refractivity contribution in [3.8, 4) is 5.75 Å². The number of methoxy groups -OCH3 is 1. The lowest BCUT2D eigenvalue weighted by Crippen LogP contribution is -2.16. The van der Waals surface area contributed by atoms with Gasteiger partial charge in [0, 0.05) is 6.42 Å². The largest absolute Gasteiger partial charge is 0.482 e. The zero-order valence-electron chi connectivity index (χ0n) is 12.1. The fraction of sp³-hybridized carbons (Fsp3) is 0.500. The average molecular weight is 292 g/mol. The van der Waals surface area contributed by atoms with Crippen LogP contribution in [0.5, 0.6) is 5.75 Å². The molecule has 0 fully saturated rings. The van der Waals surface area contributed by atoms with Gasteiger partial charge in [-0.1, -0.05) is 12.1 Å². The first-order valence-corrected chi connectivity index (χ1v) is 7.15. The highest BCUT2D eigenvalue weighted by atomic mass is 16.6. The van der Waals surface area contributed by atoms with Gasteiger partial charge in [0.05, 0.1) is 7.11 Å². The summed E-state index contributed by atoms with van der Waals surface area (Å²) in [5, 5.41) is 8.84. The van der Waals surface area contributed by atoms with E-state index in [9.17, 15) is 9.59 Å². The molecule has 21 heavy (non-hydrogen) atoms. The second-order valence-corrected chi connectivity index (χ2v) is 5.21. The molecule has 0 saturated carbocycles. The van der Waals surface area contributed by atoms with Crippen LogP contribution in [0, 0.1) is 0 Å². The van der Waals surface area contributed by atoms with Gasteiger partial charge in [0.1, 0.15) is 5.75 Å². The maximum atomic E-state index is 11.2. The third kappa shape index (κ3) is 3.97. The minimum absolute atomic E-state index is 0.104. The summed E-state index contributed by atoms with van der Waals surface area (Å²) >= 11 is 0. The summed E-state index contributed by atoms with van der Waals surface area (Å²) in [5.74, 6) is -0.212. The van der Waals surface area contributed by atoms with E-state index in [0.29, 0.717) is 12.2 Å². The molecule has 5 nitrogen and oxygen atoms in total. The standard InChI is InChI=1S/C16H20O5/c1-20-16(19)10-21-14-7-3-5-12-11(8-9-15(17)18)4-2-6-13(12)14/h3,5,7,11H,2,4,6,8-10H2,1H3,(H,17,18). The second-order valence-electron chi connectivity index (χ2n) is 5.21. The van der Waals surface area contributed by atoms with Gasteiger partial charge in [0.25, 0.3) is 0 Å². The van der Waals surface area contributed by atoms with Crippen molar-refractivity contribution >= 4 is 11.9 Å². The van der Waals surface area contributed by atoms with Crippen molar-refractivity contribution in [2.75, 3.05) is 13.7 Å². The molecule has 2 rings (SSSR count). The zero-order valence-corrected chi connectivity index (χ0v) is 12.1. The number of fused-ring (bicyclic) bond motifs is 1. The van der Waals surface area contributed by atoms with E-state index < -0.39 is 11.9 Å². The van der Waals surface area contributed by atoms with Crippen LogP contribution in [0.25, 0.3) is 0 Å². The van der Waals surface area contributed by atoms with E-state index in [2.05, 4.69) is 4.74 Å². The van der Waals surface area contributed by atoms with E-state index in [-0.39, 0.29) is 18.9 Å². The van der Waals surface area contributed by atoms with Gasteiger partial charge in [-0.2, -0.15) is 0 Å². The minimum atomic E-state index is -0.764. The van der Waals surface area contributed by atoms with Crippen molar-refractivity contribution < 1.29 is 24.2 Å². The highest BCUT2D eigenvalue weighted by Gasteiger charge is 2.23. The molecule has 0 aliphatic heterocycles. The maximum absolute atomic E-state index is 11.2. The summed E-state index contributed by atoms with van der Waals surface area (Å²) in [6.45, 7) is -0.104. The molecule has 0 radical (unpaired) electrons. The van der Waals surface area contributed by atoms with E-state index in [1.54, 1.807) is 0 Å². The Hall–Kier alpha value is -2.04.